The molecule has 0 aliphatic heterocycles. The van der Waals surface area contributed by atoms with E-state index in [0.29, 0.717) is 21.6 Å². The third-order valence-electron chi connectivity index (χ3n) is 2.76. The zero-order valence-electron chi connectivity index (χ0n) is 11.2. The van der Waals surface area contributed by atoms with Gasteiger partial charge in [-0.15, -0.1) is 0 Å². The Morgan fingerprint density at radius 3 is 2.82 bits per heavy atom. The predicted octanol–water partition coefficient (Wildman–Crippen LogP) is 3.75. The van der Waals surface area contributed by atoms with E-state index >= 15 is 0 Å². The van der Waals surface area contributed by atoms with Crippen molar-refractivity contribution in [2.75, 3.05) is 25.1 Å². The van der Waals surface area contributed by atoms with Crippen LogP contribution in [0.25, 0.3) is 10.9 Å². The second-order valence-electron chi connectivity index (χ2n) is 4.41. The smallest absolute Gasteiger partial charge is 0.381 e. The van der Waals surface area contributed by atoms with Crippen LogP contribution in [0.2, 0.25) is 5.02 Å². The third-order valence-corrected chi connectivity index (χ3v) is 3.00. The van der Waals surface area contributed by atoms with Crippen molar-refractivity contribution in [2.45, 2.75) is 6.18 Å². The van der Waals surface area contributed by atoms with Gasteiger partial charge < -0.3 is 10.1 Å². The molecule has 0 aliphatic rings. The largest absolute Gasteiger partial charge is 0.411 e. The second kappa shape index (κ2) is 6.81. The molecule has 116 valence electrons. The number of halogens is 4. The molecule has 22 heavy (non-hydrogen) atoms. The highest BCUT2D eigenvalue weighted by molar-refractivity contribution is 6.31. The molecule has 0 aliphatic carbocycles. The van der Waals surface area contributed by atoms with Crippen LogP contribution in [0.3, 0.4) is 0 Å². The molecule has 0 spiro atoms. The number of rotatable bonds is 5. The minimum atomic E-state index is -4.35. The zero-order valence-corrected chi connectivity index (χ0v) is 12.0. The number of pyridine rings is 1. The Kier molecular flexibility index (Phi) is 5.06. The van der Waals surface area contributed by atoms with Gasteiger partial charge in [0.05, 0.1) is 23.4 Å². The average molecular weight is 330 g/mol. The van der Waals surface area contributed by atoms with E-state index in [1.807, 2.05) is 6.07 Å². The fourth-order valence-corrected chi connectivity index (χ4v) is 2.05. The summed E-state index contributed by atoms with van der Waals surface area (Å²) in [4.78, 5) is 4.13. The van der Waals surface area contributed by atoms with E-state index in [1.165, 1.54) is 6.20 Å². The van der Waals surface area contributed by atoms with Crippen molar-refractivity contribution >= 4 is 28.2 Å². The maximum Gasteiger partial charge on any atom is 0.411 e. The molecule has 4 nitrogen and oxygen atoms in total. The van der Waals surface area contributed by atoms with Crippen molar-refractivity contribution in [2.24, 2.45) is 0 Å². The molecule has 2 aromatic rings. The number of hydrogen-bond donors (Lipinski definition) is 1. The van der Waals surface area contributed by atoms with Crippen molar-refractivity contribution in [3.05, 3.63) is 35.0 Å². The lowest BCUT2D eigenvalue weighted by molar-refractivity contribution is -0.172. The summed E-state index contributed by atoms with van der Waals surface area (Å²) in [7, 11) is 0. The van der Waals surface area contributed by atoms with Crippen molar-refractivity contribution in [1.29, 1.82) is 5.26 Å². The first kappa shape index (κ1) is 16.3. The number of hydrogen-bond acceptors (Lipinski definition) is 4. The highest BCUT2D eigenvalue weighted by Gasteiger charge is 2.27. The summed E-state index contributed by atoms with van der Waals surface area (Å²) < 4.78 is 40.4. The van der Waals surface area contributed by atoms with Gasteiger partial charge in [-0.3, -0.25) is 4.98 Å². The molecule has 1 aromatic carbocycles. The minimum Gasteiger partial charge on any atom is -0.381 e. The van der Waals surface area contributed by atoms with Crippen LogP contribution in [0.1, 0.15) is 5.56 Å². The van der Waals surface area contributed by atoms with Crippen molar-refractivity contribution < 1.29 is 17.9 Å². The number of fused-ring (bicyclic) bond motifs is 1. The number of aromatic nitrogens is 1. The quantitative estimate of drug-likeness (QED) is 0.849. The first-order valence-electron chi connectivity index (χ1n) is 6.27. The Labute approximate surface area is 129 Å². The monoisotopic (exact) mass is 329 g/mol. The molecule has 0 fully saturated rings. The Morgan fingerprint density at radius 2 is 2.14 bits per heavy atom. The van der Waals surface area contributed by atoms with Crippen molar-refractivity contribution in [3.8, 4) is 6.07 Å². The molecule has 0 amide bonds. The number of anilines is 1. The number of nitriles is 1. The topological polar surface area (TPSA) is 57.9 Å². The first-order chi connectivity index (χ1) is 10.4. The van der Waals surface area contributed by atoms with Gasteiger partial charge in [-0.2, -0.15) is 18.4 Å². The average Bonchev–Trinajstić information content (AvgIpc) is 2.45. The minimum absolute atomic E-state index is 0.121. The number of alkyl halides is 3. The molecule has 0 bridgehead atoms. The van der Waals surface area contributed by atoms with Gasteiger partial charge in [0.15, 0.2) is 0 Å². The number of nitrogens with zero attached hydrogens (tertiary/aromatic N) is 2. The van der Waals surface area contributed by atoms with Crippen molar-refractivity contribution in [1.82, 2.24) is 4.98 Å². The maximum absolute atomic E-state index is 12.0. The van der Waals surface area contributed by atoms with Gasteiger partial charge >= 0.3 is 6.18 Å². The molecule has 8 heteroatoms. The van der Waals surface area contributed by atoms with Crippen LogP contribution in [0.4, 0.5) is 18.9 Å². The SMILES string of the molecule is N#Cc1cnc2ccc(Cl)cc2c1NCCOCC(F)(F)F. The molecule has 0 saturated heterocycles. The van der Waals surface area contributed by atoms with E-state index < -0.39 is 12.8 Å². The van der Waals surface area contributed by atoms with E-state index in [0.717, 1.165) is 0 Å². The summed E-state index contributed by atoms with van der Waals surface area (Å²) in [5.74, 6) is 0. The summed E-state index contributed by atoms with van der Waals surface area (Å²) in [6, 6.07) is 6.99. The van der Waals surface area contributed by atoms with Crippen LogP contribution in [0, 0.1) is 11.3 Å². The van der Waals surface area contributed by atoms with E-state index in [9.17, 15) is 13.2 Å². The lowest BCUT2D eigenvalue weighted by Crippen LogP contribution is -2.20. The first-order valence-corrected chi connectivity index (χ1v) is 6.65. The molecule has 0 unspecified atom stereocenters. The molecular weight excluding hydrogens is 319 g/mol. The summed E-state index contributed by atoms with van der Waals surface area (Å²) in [6.07, 6.45) is -2.95. The molecular formula is C14H11ClF3N3O. The van der Waals surface area contributed by atoms with Gasteiger partial charge in [0, 0.05) is 23.2 Å². The Hall–Kier alpha value is -2.04. The standard InChI is InChI=1S/C14H11ClF3N3O/c15-10-1-2-12-11(5-10)13(9(6-19)7-21-12)20-3-4-22-8-14(16,17)18/h1-2,5,7H,3-4,8H2,(H,20,21). The molecule has 1 N–H and O–H groups in total. The highest BCUT2D eigenvalue weighted by atomic mass is 35.5. The lowest BCUT2D eigenvalue weighted by atomic mass is 10.1. The number of nitrogens with one attached hydrogen (secondary N) is 1. The zero-order chi connectivity index (χ0) is 16.2. The molecule has 1 aromatic heterocycles. The van der Waals surface area contributed by atoms with Crippen LogP contribution in [-0.2, 0) is 4.74 Å². The van der Waals surface area contributed by atoms with E-state index in [4.69, 9.17) is 16.9 Å². The second-order valence-corrected chi connectivity index (χ2v) is 4.85. The lowest BCUT2D eigenvalue weighted by Gasteiger charge is -2.12. The van der Waals surface area contributed by atoms with Crippen LogP contribution in [0.15, 0.2) is 24.4 Å². The summed E-state index contributed by atoms with van der Waals surface area (Å²) in [5.41, 5.74) is 1.39. The van der Waals surface area contributed by atoms with Crippen LogP contribution in [0.5, 0.6) is 0 Å². The van der Waals surface area contributed by atoms with Gasteiger partial charge in [-0.1, -0.05) is 11.6 Å². The Bertz CT molecular complexity index is 713. The summed E-state index contributed by atoms with van der Waals surface area (Å²) >= 11 is 5.93. The van der Waals surface area contributed by atoms with Crippen LogP contribution < -0.4 is 5.32 Å². The number of ether oxygens (including phenoxy) is 1. The van der Waals surface area contributed by atoms with E-state index in [-0.39, 0.29) is 18.7 Å². The third kappa shape index (κ3) is 4.23. The fourth-order valence-electron chi connectivity index (χ4n) is 1.88. The summed E-state index contributed by atoms with van der Waals surface area (Å²) in [6.45, 7) is -1.33. The van der Waals surface area contributed by atoms with E-state index in [2.05, 4.69) is 15.0 Å². The Morgan fingerprint density at radius 1 is 1.36 bits per heavy atom. The Balaban J connectivity index is 2.12. The normalized spacial score (nSPS) is 11.4. The molecule has 1 heterocycles. The molecule has 0 radical (unpaired) electrons. The fraction of sp³-hybridized carbons (Fsp3) is 0.286. The molecule has 0 atom stereocenters. The van der Waals surface area contributed by atoms with Crippen LogP contribution in [-0.4, -0.2) is 30.9 Å². The van der Waals surface area contributed by atoms with Gasteiger partial charge in [-0.05, 0) is 18.2 Å². The number of benzene rings is 1. The van der Waals surface area contributed by atoms with Crippen LogP contribution >= 0.6 is 11.6 Å². The van der Waals surface area contributed by atoms with Gasteiger partial charge in [-0.25, -0.2) is 0 Å². The molecule has 2 rings (SSSR count). The van der Waals surface area contributed by atoms with Gasteiger partial charge in [0.25, 0.3) is 0 Å². The highest BCUT2D eigenvalue weighted by Crippen LogP contribution is 2.28. The van der Waals surface area contributed by atoms with Crippen molar-refractivity contribution in [3.63, 3.8) is 0 Å². The van der Waals surface area contributed by atoms with Gasteiger partial charge in [0.2, 0.25) is 0 Å². The molecule has 0 saturated carbocycles. The van der Waals surface area contributed by atoms with Gasteiger partial charge in [0.1, 0.15) is 12.7 Å². The maximum atomic E-state index is 12.0. The summed E-state index contributed by atoms with van der Waals surface area (Å²) in [5, 5.41) is 13.1. The van der Waals surface area contributed by atoms with E-state index in [1.54, 1.807) is 18.2 Å². The predicted molar refractivity (Wildman–Crippen MR) is 76.8 cm³/mol.